The zero-order valence-corrected chi connectivity index (χ0v) is 22.2. The van der Waals surface area contributed by atoms with Gasteiger partial charge in [-0.3, -0.25) is 4.98 Å². The molecule has 5 aromatic carbocycles. The average molecular weight is 528 g/mol. The average Bonchev–Trinajstić information content (AvgIpc) is 3.57. The van der Waals surface area contributed by atoms with Crippen molar-refractivity contribution in [3.63, 3.8) is 0 Å². The van der Waals surface area contributed by atoms with E-state index in [1.54, 1.807) is 12.3 Å². The van der Waals surface area contributed by atoms with Gasteiger partial charge in [-0.05, 0) is 59.7 Å². The highest BCUT2D eigenvalue weighted by Crippen LogP contribution is 2.43. The van der Waals surface area contributed by atoms with Crippen LogP contribution in [-0.4, -0.2) is 9.55 Å². The minimum absolute atomic E-state index is 0.608. The van der Waals surface area contributed by atoms with Gasteiger partial charge in [-0.15, -0.1) is 11.3 Å². The number of hydrogen-bond donors (Lipinski definition) is 0. The lowest BCUT2D eigenvalue weighted by molar-refractivity contribution is 1.18. The Bertz CT molecular complexity index is 2300. The molecule has 8 aromatic rings. The Labute approximate surface area is 234 Å². The van der Waals surface area contributed by atoms with Crippen molar-refractivity contribution in [3.05, 3.63) is 133 Å². The molecule has 8 rings (SSSR count). The van der Waals surface area contributed by atoms with Crippen LogP contribution in [0.1, 0.15) is 5.56 Å². The van der Waals surface area contributed by atoms with Gasteiger partial charge in [0.2, 0.25) is 0 Å². The lowest BCUT2D eigenvalue weighted by Gasteiger charge is -2.11. The molecular weight excluding hydrogens is 506 g/mol. The first-order valence-electron chi connectivity index (χ1n) is 13.2. The highest BCUT2D eigenvalue weighted by molar-refractivity contribution is 7.26. The molecule has 3 heterocycles. The molecule has 186 valence electrons. The van der Waals surface area contributed by atoms with Crippen LogP contribution in [0.3, 0.4) is 0 Å². The summed E-state index contributed by atoms with van der Waals surface area (Å²) in [5.74, 6) is 0. The number of hydrogen-bond acceptors (Lipinski definition) is 3. The van der Waals surface area contributed by atoms with Gasteiger partial charge in [0, 0.05) is 48.4 Å². The van der Waals surface area contributed by atoms with Gasteiger partial charge < -0.3 is 4.57 Å². The summed E-state index contributed by atoms with van der Waals surface area (Å²) in [5, 5.41) is 14.5. The molecule has 0 aliphatic heterocycles. The molecule has 3 aromatic heterocycles. The molecule has 0 saturated carbocycles. The van der Waals surface area contributed by atoms with E-state index in [1.165, 1.54) is 42.0 Å². The van der Waals surface area contributed by atoms with Gasteiger partial charge in [0.1, 0.15) is 0 Å². The van der Waals surface area contributed by atoms with Gasteiger partial charge in [-0.1, -0.05) is 72.8 Å². The van der Waals surface area contributed by atoms with Crippen molar-refractivity contribution in [2.24, 2.45) is 0 Å². The van der Waals surface area contributed by atoms with Crippen LogP contribution in [-0.2, 0) is 0 Å². The number of aromatic nitrogens is 2. The summed E-state index contributed by atoms with van der Waals surface area (Å²) in [6.07, 6.45) is 1.69. The summed E-state index contributed by atoms with van der Waals surface area (Å²) < 4.78 is 5.04. The Kier molecular flexibility index (Phi) is 5.06. The Balaban J connectivity index is 1.33. The zero-order valence-electron chi connectivity index (χ0n) is 21.4. The monoisotopic (exact) mass is 527 g/mol. The van der Waals surface area contributed by atoms with E-state index in [9.17, 15) is 5.26 Å². The minimum atomic E-state index is 0.608. The number of pyridine rings is 1. The molecule has 0 bridgehead atoms. The van der Waals surface area contributed by atoms with Crippen LogP contribution in [0.15, 0.2) is 128 Å². The molecule has 0 amide bonds. The number of benzene rings is 5. The molecule has 0 spiro atoms. The summed E-state index contributed by atoms with van der Waals surface area (Å²) in [6.45, 7) is 0. The Morgan fingerprint density at radius 3 is 2.30 bits per heavy atom. The van der Waals surface area contributed by atoms with Crippen molar-refractivity contribution in [2.45, 2.75) is 0 Å². The first-order chi connectivity index (χ1) is 19.8. The van der Waals surface area contributed by atoms with Crippen LogP contribution in [0, 0.1) is 11.3 Å². The van der Waals surface area contributed by atoms with Crippen LogP contribution < -0.4 is 0 Å². The molecule has 0 N–H and O–H groups in total. The Morgan fingerprint density at radius 1 is 0.625 bits per heavy atom. The molecule has 0 radical (unpaired) electrons. The van der Waals surface area contributed by atoms with Crippen molar-refractivity contribution >= 4 is 53.3 Å². The first-order valence-corrected chi connectivity index (χ1v) is 14.0. The summed E-state index contributed by atoms with van der Waals surface area (Å²) in [4.78, 5) is 4.51. The van der Waals surface area contributed by atoms with Gasteiger partial charge in [0.15, 0.2) is 0 Å². The first kappa shape index (κ1) is 22.7. The topological polar surface area (TPSA) is 41.6 Å². The van der Waals surface area contributed by atoms with Gasteiger partial charge in [0.25, 0.3) is 0 Å². The van der Waals surface area contributed by atoms with E-state index in [4.69, 9.17) is 0 Å². The third-order valence-corrected chi connectivity index (χ3v) is 8.87. The summed E-state index contributed by atoms with van der Waals surface area (Å²) in [7, 11) is 0. The van der Waals surface area contributed by atoms with Gasteiger partial charge in [-0.2, -0.15) is 5.26 Å². The van der Waals surface area contributed by atoms with Gasteiger partial charge in [-0.25, -0.2) is 0 Å². The Morgan fingerprint density at radius 2 is 1.40 bits per heavy atom. The Hall–Kier alpha value is -5.24. The third-order valence-electron chi connectivity index (χ3n) is 7.67. The van der Waals surface area contributed by atoms with E-state index in [2.05, 4.69) is 119 Å². The molecule has 0 aliphatic carbocycles. The fourth-order valence-electron chi connectivity index (χ4n) is 5.85. The van der Waals surface area contributed by atoms with Crippen LogP contribution in [0.4, 0.5) is 0 Å². The van der Waals surface area contributed by atoms with Crippen LogP contribution >= 0.6 is 11.3 Å². The van der Waals surface area contributed by atoms with E-state index < -0.39 is 0 Å². The highest BCUT2D eigenvalue weighted by Gasteiger charge is 2.17. The van der Waals surface area contributed by atoms with Crippen LogP contribution in [0.25, 0.3) is 70.0 Å². The van der Waals surface area contributed by atoms with Crippen molar-refractivity contribution in [3.8, 4) is 34.1 Å². The zero-order chi connectivity index (χ0) is 26.6. The maximum Gasteiger partial charge on any atom is 0.0992 e. The van der Waals surface area contributed by atoms with E-state index >= 15 is 0 Å². The lowest BCUT2D eigenvalue weighted by atomic mass is 10.0. The molecule has 0 unspecified atom stereocenters. The van der Waals surface area contributed by atoms with Gasteiger partial charge in [0.05, 0.1) is 28.4 Å². The molecule has 0 fully saturated rings. The predicted octanol–water partition coefficient (Wildman–Crippen LogP) is 9.75. The van der Waals surface area contributed by atoms with Crippen molar-refractivity contribution in [2.75, 3.05) is 0 Å². The SMILES string of the molecule is N#Cc1ccnc(-c2cccc(-c3cccc(-n4c5ccccc5c5c6sc7ccccc7c6ccc54)c3)c2)c1. The summed E-state index contributed by atoms with van der Waals surface area (Å²) >= 11 is 1.88. The maximum atomic E-state index is 9.33. The van der Waals surface area contributed by atoms with Crippen molar-refractivity contribution < 1.29 is 0 Å². The fraction of sp³-hybridized carbons (Fsp3) is 0. The number of nitriles is 1. The minimum Gasteiger partial charge on any atom is -0.309 e. The predicted molar refractivity (Wildman–Crippen MR) is 167 cm³/mol. The van der Waals surface area contributed by atoms with E-state index in [1.807, 2.05) is 23.5 Å². The molecule has 40 heavy (non-hydrogen) atoms. The number of para-hydroxylation sites is 1. The van der Waals surface area contributed by atoms with E-state index in [0.29, 0.717) is 5.56 Å². The van der Waals surface area contributed by atoms with Gasteiger partial charge >= 0.3 is 0 Å². The fourth-order valence-corrected chi connectivity index (χ4v) is 7.11. The van der Waals surface area contributed by atoms with Crippen molar-refractivity contribution in [1.29, 1.82) is 5.26 Å². The number of rotatable bonds is 3. The van der Waals surface area contributed by atoms with E-state index in [-0.39, 0.29) is 0 Å². The molecule has 4 heteroatoms. The standard InChI is InChI=1S/C36H21N3S/c37-22-23-17-18-38-31(19-23)26-9-5-7-24(20-26)25-8-6-10-27(21-25)39-32-13-3-1-12-30(32)35-33(39)16-15-29-28-11-2-4-14-34(28)40-36(29)35/h1-21H. The van der Waals surface area contributed by atoms with Crippen molar-refractivity contribution in [1.82, 2.24) is 9.55 Å². The smallest absolute Gasteiger partial charge is 0.0992 e. The highest BCUT2D eigenvalue weighted by atomic mass is 32.1. The number of thiophene rings is 1. The normalized spacial score (nSPS) is 11.5. The third kappa shape index (κ3) is 3.46. The number of fused-ring (bicyclic) bond motifs is 7. The summed E-state index contributed by atoms with van der Waals surface area (Å²) in [5.41, 5.74) is 8.17. The maximum absolute atomic E-state index is 9.33. The lowest BCUT2D eigenvalue weighted by Crippen LogP contribution is -1.94. The second-order valence-corrected chi connectivity index (χ2v) is 11.0. The second kappa shape index (κ2) is 8.91. The second-order valence-electron chi connectivity index (χ2n) is 9.96. The molecular formula is C36H21N3S. The van der Waals surface area contributed by atoms with Crippen LogP contribution in [0.2, 0.25) is 0 Å². The number of nitrogens with zero attached hydrogens (tertiary/aromatic N) is 3. The summed E-state index contributed by atoms with van der Waals surface area (Å²) in [6, 6.07) is 44.8. The molecule has 0 saturated heterocycles. The molecule has 0 atom stereocenters. The molecule has 3 nitrogen and oxygen atoms in total. The molecule has 0 aliphatic rings. The quantitative estimate of drug-likeness (QED) is 0.229. The van der Waals surface area contributed by atoms with Crippen LogP contribution in [0.5, 0.6) is 0 Å². The van der Waals surface area contributed by atoms with E-state index in [0.717, 1.165) is 28.1 Å². The largest absolute Gasteiger partial charge is 0.309 e.